The summed E-state index contributed by atoms with van der Waals surface area (Å²) in [6.07, 6.45) is -0.889. The topological polar surface area (TPSA) is 111 Å². The van der Waals surface area contributed by atoms with Gasteiger partial charge in [-0.3, -0.25) is 4.79 Å². The van der Waals surface area contributed by atoms with E-state index in [1.807, 2.05) is 61.6 Å². The lowest BCUT2D eigenvalue weighted by Crippen LogP contribution is -2.38. The van der Waals surface area contributed by atoms with Gasteiger partial charge in [0.25, 0.3) is 0 Å². The van der Waals surface area contributed by atoms with Crippen LogP contribution in [0.4, 0.5) is 0 Å². The number of rotatable bonds is 9. The predicted molar refractivity (Wildman–Crippen MR) is 152 cm³/mol. The molecule has 4 aromatic rings. The Morgan fingerprint density at radius 3 is 2.42 bits per heavy atom. The van der Waals surface area contributed by atoms with Crippen LogP contribution >= 0.6 is 11.8 Å². The molecule has 0 spiro atoms. The zero-order valence-electron chi connectivity index (χ0n) is 22.7. The molecule has 2 N–H and O–H groups in total. The number of amides is 1. The number of hydrogen-bond acceptors (Lipinski definition) is 8. The van der Waals surface area contributed by atoms with E-state index in [-0.39, 0.29) is 30.6 Å². The van der Waals surface area contributed by atoms with Gasteiger partial charge in [0.1, 0.15) is 0 Å². The summed E-state index contributed by atoms with van der Waals surface area (Å²) in [6.45, 7) is 4.12. The number of aliphatic hydroxyl groups excluding tert-OH is 1. The van der Waals surface area contributed by atoms with Crippen molar-refractivity contribution in [3.8, 4) is 11.1 Å². The molecule has 40 heavy (non-hydrogen) atoms. The van der Waals surface area contributed by atoms with Crippen LogP contribution in [0.1, 0.15) is 48.5 Å². The second-order valence-electron chi connectivity index (χ2n) is 9.91. The van der Waals surface area contributed by atoms with E-state index in [0.29, 0.717) is 12.3 Å². The summed E-state index contributed by atoms with van der Waals surface area (Å²) in [4.78, 5) is 11.5. The molecule has 1 aromatic heterocycles. The third-order valence-corrected chi connectivity index (χ3v) is 8.22. The molecule has 1 aliphatic rings. The fraction of sp³-hybridized carbons (Fsp3) is 0.333. The van der Waals surface area contributed by atoms with Gasteiger partial charge in [-0.1, -0.05) is 91.5 Å². The number of aliphatic hydroxyl groups is 1. The van der Waals surface area contributed by atoms with Crippen LogP contribution in [-0.2, 0) is 34.5 Å². The number of benzene rings is 3. The molecule has 0 bridgehead atoms. The summed E-state index contributed by atoms with van der Waals surface area (Å²) in [5, 5.41) is 24.9. The lowest BCUT2D eigenvalue weighted by Gasteiger charge is -2.41. The summed E-state index contributed by atoms with van der Waals surface area (Å²) in [7, 11) is 1.82. The number of carbonyl (C=O) groups is 1. The molecule has 9 nitrogen and oxygen atoms in total. The van der Waals surface area contributed by atoms with Gasteiger partial charge in [0, 0.05) is 37.8 Å². The molecule has 0 unspecified atom stereocenters. The van der Waals surface area contributed by atoms with Gasteiger partial charge in [0.15, 0.2) is 6.29 Å². The quantitative estimate of drug-likeness (QED) is 0.287. The third-order valence-electron chi connectivity index (χ3n) is 7.12. The van der Waals surface area contributed by atoms with Crippen molar-refractivity contribution in [1.82, 2.24) is 25.5 Å². The van der Waals surface area contributed by atoms with Gasteiger partial charge in [0.05, 0.1) is 18.8 Å². The van der Waals surface area contributed by atoms with E-state index >= 15 is 0 Å². The van der Waals surface area contributed by atoms with Gasteiger partial charge in [-0.15, -0.1) is 5.10 Å². The summed E-state index contributed by atoms with van der Waals surface area (Å²) in [6, 6.07) is 24.1. The Morgan fingerprint density at radius 1 is 1.02 bits per heavy atom. The minimum absolute atomic E-state index is 0.00160. The van der Waals surface area contributed by atoms with Crippen molar-refractivity contribution in [3.05, 3.63) is 95.1 Å². The van der Waals surface area contributed by atoms with Crippen molar-refractivity contribution in [2.45, 2.75) is 50.7 Å². The molecule has 0 saturated carbocycles. The lowest BCUT2D eigenvalue weighted by atomic mass is 9.91. The maximum Gasteiger partial charge on any atom is 0.217 e. The van der Waals surface area contributed by atoms with E-state index in [4.69, 9.17) is 9.47 Å². The molecule has 0 aliphatic carbocycles. The highest BCUT2D eigenvalue weighted by Crippen LogP contribution is 2.43. The molecule has 1 saturated heterocycles. The number of aromatic nitrogens is 4. The first-order valence-electron chi connectivity index (χ1n) is 13.2. The Hall–Kier alpha value is -3.57. The Morgan fingerprint density at radius 2 is 1.75 bits per heavy atom. The third kappa shape index (κ3) is 6.42. The average Bonchev–Trinajstić information content (AvgIpc) is 3.40. The van der Waals surface area contributed by atoms with Gasteiger partial charge < -0.3 is 19.9 Å². The number of thioether (sulfide) groups is 1. The highest BCUT2D eigenvalue weighted by Gasteiger charge is 2.38. The van der Waals surface area contributed by atoms with E-state index < -0.39 is 6.29 Å². The van der Waals surface area contributed by atoms with Crippen molar-refractivity contribution < 1.29 is 19.4 Å². The molecule has 1 amide bonds. The summed E-state index contributed by atoms with van der Waals surface area (Å²) in [5.74, 6) is 0.661. The molecule has 0 radical (unpaired) electrons. The van der Waals surface area contributed by atoms with Crippen LogP contribution in [0.15, 0.2) is 78.0 Å². The minimum Gasteiger partial charge on any atom is -0.392 e. The number of nitrogens with one attached hydrogen (secondary N) is 1. The zero-order valence-corrected chi connectivity index (χ0v) is 23.5. The summed E-state index contributed by atoms with van der Waals surface area (Å²) < 4.78 is 14.8. The van der Waals surface area contributed by atoms with Gasteiger partial charge >= 0.3 is 0 Å². The maximum absolute atomic E-state index is 11.5. The van der Waals surface area contributed by atoms with Crippen LogP contribution < -0.4 is 5.32 Å². The van der Waals surface area contributed by atoms with E-state index in [1.165, 1.54) is 6.92 Å². The van der Waals surface area contributed by atoms with Crippen LogP contribution in [-0.4, -0.2) is 43.1 Å². The normalized spacial score (nSPS) is 20.8. The van der Waals surface area contributed by atoms with E-state index in [9.17, 15) is 9.90 Å². The Balaban J connectivity index is 1.39. The number of nitrogens with zero attached hydrogens (tertiary/aromatic N) is 4. The second kappa shape index (κ2) is 12.7. The molecule has 4 atom stereocenters. The minimum atomic E-state index is -0.564. The summed E-state index contributed by atoms with van der Waals surface area (Å²) in [5.41, 5.74) is 5.98. The fourth-order valence-corrected chi connectivity index (χ4v) is 5.82. The first kappa shape index (κ1) is 28.0. The SMILES string of the molecule is CC(=O)NCc1ccccc1-c1ccc([C@H]2O[C@@H](CSc3nnnn3C)[C@@H](C)[C@@H](c3ccc(CO)cc3)O2)cc1. The number of aryl methyl sites for hydroxylation is 1. The van der Waals surface area contributed by atoms with Crippen molar-refractivity contribution >= 4 is 17.7 Å². The van der Waals surface area contributed by atoms with E-state index in [0.717, 1.165) is 38.5 Å². The van der Waals surface area contributed by atoms with Crippen LogP contribution in [0.5, 0.6) is 0 Å². The predicted octanol–water partition coefficient (Wildman–Crippen LogP) is 4.59. The molecule has 3 aromatic carbocycles. The number of carbonyl (C=O) groups excluding carboxylic acids is 1. The standard InChI is InChI=1S/C30H33N5O4S/c1-19-27(18-40-30-32-33-34-35(30)3)38-29(39-28(19)23-10-8-21(17-36)9-11-23)24-14-12-22(13-15-24)26-7-5-4-6-25(26)16-31-20(2)37/h4-15,19,27-29,36H,16-18H2,1-3H3,(H,31,37)/t19-,27+,28+,29+/m1/s1. The number of hydrogen-bond donors (Lipinski definition) is 2. The van der Waals surface area contributed by atoms with E-state index in [2.05, 4.69) is 46.0 Å². The van der Waals surface area contributed by atoms with Gasteiger partial charge in [-0.25, -0.2) is 4.68 Å². The maximum atomic E-state index is 11.5. The number of tetrazole rings is 1. The van der Waals surface area contributed by atoms with Crippen LogP contribution in [0.25, 0.3) is 11.1 Å². The highest BCUT2D eigenvalue weighted by atomic mass is 32.2. The smallest absolute Gasteiger partial charge is 0.217 e. The Kier molecular flexibility index (Phi) is 8.91. The molecule has 208 valence electrons. The highest BCUT2D eigenvalue weighted by molar-refractivity contribution is 7.99. The number of ether oxygens (including phenoxy) is 2. The van der Waals surface area contributed by atoms with Crippen LogP contribution in [0.3, 0.4) is 0 Å². The van der Waals surface area contributed by atoms with Crippen LogP contribution in [0.2, 0.25) is 0 Å². The summed E-state index contributed by atoms with van der Waals surface area (Å²) >= 11 is 1.56. The first-order chi connectivity index (χ1) is 19.4. The Bertz CT molecular complexity index is 1430. The zero-order chi connectivity index (χ0) is 28.1. The molecular formula is C30H33N5O4S. The lowest BCUT2D eigenvalue weighted by molar-refractivity contribution is -0.268. The molecule has 10 heteroatoms. The second-order valence-corrected chi connectivity index (χ2v) is 10.9. The van der Waals surface area contributed by atoms with Gasteiger partial charge in [0.2, 0.25) is 11.1 Å². The molecule has 1 fully saturated rings. The van der Waals surface area contributed by atoms with Gasteiger partial charge in [-0.2, -0.15) is 0 Å². The van der Waals surface area contributed by atoms with Crippen molar-refractivity contribution in [2.75, 3.05) is 5.75 Å². The van der Waals surface area contributed by atoms with Crippen molar-refractivity contribution in [3.63, 3.8) is 0 Å². The van der Waals surface area contributed by atoms with Crippen LogP contribution in [0, 0.1) is 5.92 Å². The monoisotopic (exact) mass is 559 g/mol. The Labute approximate surface area is 237 Å². The average molecular weight is 560 g/mol. The molecule has 2 heterocycles. The molecule has 5 rings (SSSR count). The molecular weight excluding hydrogens is 526 g/mol. The molecule has 1 aliphatic heterocycles. The first-order valence-corrected chi connectivity index (χ1v) is 14.2. The van der Waals surface area contributed by atoms with Gasteiger partial charge in [-0.05, 0) is 38.2 Å². The van der Waals surface area contributed by atoms with Crippen molar-refractivity contribution in [2.24, 2.45) is 13.0 Å². The van der Waals surface area contributed by atoms with E-state index in [1.54, 1.807) is 16.4 Å². The van der Waals surface area contributed by atoms with Crippen molar-refractivity contribution in [1.29, 1.82) is 0 Å². The fourth-order valence-electron chi connectivity index (χ4n) is 4.81. The largest absolute Gasteiger partial charge is 0.392 e.